The van der Waals surface area contributed by atoms with Gasteiger partial charge in [0.05, 0.1) is 24.7 Å². The molecule has 0 aromatic heterocycles. The minimum absolute atomic E-state index is 0.113. The standard InChI is InChI=1S/C12H16O5/c1-3-16-11(14)9-6-5-8(13)7-10(9)12(15)17-4-2/h7,9H,3-6H2,1-2H3/t9-/m1/s1. The Bertz CT molecular complexity index is 356. The van der Waals surface area contributed by atoms with Crippen molar-refractivity contribution in [3.63, 3.8) is 0 Å². The molecule has 1 atom stereocenters. The quantitative estimate of drug-likeness (QED) is 0.686. The molecule has 0 radical (unpaired) electrons. The predicted octanol–water partition coefficient (Wildman–Crippen LogP) is 1.02. The van der Waals surface area contributed by atoms with E-state index in [-0.39, 0.29) is 31.0 Å². The highest BCUT2D eigenvalue weighted by molar-refractivity contribution is 6.04. The second kappa shape index (κ2) is 6.18. The molecule has 0 amide bonds. The third-order valence-corrected chi connectivity index (χ3v) is 2.45. The molecule has 0 unspecified atom stereocenters. The molecule has 0 heterocycles. The first-order chi connectivity index (χ1) is 8.10. The van der Waals surface area contributed by atoms with E-state index in [0.717, 1.165) is 0 Å². The number of ether oxygens (including phenoxy) is 2. The fourth-order valence-electron chi connectivity index (χ4n) is 1.69. The monoisotopic (exact) mass is 240 g/mol. The number of carbonyl (C=O) groups excluding carboxylic acids is 3. The molecular weight excluding hydrogens is 224 g/mol. The van der Waals surface area contributed by atoms with E-state index in [1.807, 2.05) is 0 Å². The molecule has 0 aromatic carbocycles. The normalized spacial score (nSPS) is 19.5. The lowest BCUT2D eigenvalue weighted by molar-refractivity contribution is -0.150. The highest BCUT2D eigenvalue weighted by Crippen LogP contribution is 2.25. The number of ketones is 1. The van der Waals surface area contributed by atoms with Gasteiger partial charge in [0.1, 0.15) is 0 Å². The van der Waals surface area contributed by atoms with Crippen LogP contribution in [-0.4, -0.2) is 30.9 Å². The van der Waals surface area contributed by atoms with Crippen LogP contribution in [-0.2, 0) is 23.9 Å². The maximum Gasteiger partial charge on any atom is 0.335 e. The fourth-order valence-corrected chi connectivity index (χ4v) is 1.69. The molecule has 0 saturated heterocycles. The minimum Gasteiger partial charge on any atom is -0.466 e. The van der Waals surface area contributed by atoms with Gasteiger partial charge >= 0.3 is 11.9 Å². The van der Waals surface area contributed by atoms with Gasteiger partial charge in [-0.15, -0.1) is 0 Å². The Kier molecular flexibility index (Phi) is 4.87. The number of esters is 2. The zero-order valence-corrected chi connectivity index (χ0v) is 10.0. The molecule has 0 N–H and O–H groups in total. The van der Waals surface area contributed by atoms with Crippen molar-refractivity contribution in [3.8, 4) is 0 Å². The van der Waals surface area contributed by atoms with Crippen LogP contribution < -0.4 is 0 Å². The molecular formula is C12H16O5. The summed E-state index contributed by atoms with van der Waals surface area (Å²) in [6.07, 6.45) is 1.76. The molecule has 1 aliphatic rings. The Balaban J connectivity index is 2.88. The smallest absolute Gasteiger partial charge is 0.335 e. The number of hydrogen-bond acceptors (Lipinski definition) is 5. The zero-order valence-electron chi connectivity index (χ0n) is 10.0. The van der Waals surface area contributed by atoms with Gasteiger partial charge in [-0.05, 0) is 26.3 Å². The number of carbonyl (C=O) groups is 3. The second-order valence-corrected chi connectivity index (χ2v) is 3.63. The summed E-state index contributed by atoms with van der Waals surface area (Å²) in [4.78, 5) is 34.5. The Hall–Kier alpha value is -1.65. The van der Waals surface area contributed by atoms with Gasteiger partial charge < -0.3 is 9.47 Å². The molecule has 0 aliphatic heterocycles. The summed E-state index contributed by atoms with van der Waals surface area (Å²) in [5.74, 6) is -1.92. The van der Waals surface area contributed by atoms with Crippen LogP contribution in [0.25, 0.3) is 0 Å². The van der Waals surface area contributed by atoms with Crippen molar-refractivity contribution >= 4 is 17.7 Å². The third kappa shape index (κ3) is 3.41. The Morgan fingerprint density at radius 1 is 1.29 bits per heavy atom. The van der Waals surface area contributed by atoms with Crippen molar-refractivity contribution in [2.75, 3.05) is 13.2 Å². The highest BCUT2D eigenvalue weighted by Gasteiger charge is 2.33. The summed E-state index contributed by atoms with van der Waals surface area (Å²) in [5, 5.41) is 0. The summed E-state index contributed by atoms with van der Waals surface area (Å²) in [6, 6.07) is 0. The molecule has 94 valence electrons. The maximum absolute atomic E-state index is 11.6. The molecule has 0 saturated carbocycles. The first kappa shape index (κ1) is 13.4. The Labute approximate surface area is 99.8 Å². The van der Waals surface area contributed by atoms with Gasteiger partial charge in [-0.1, -0.05) is 0 Å². The van der Waals surface area contributed by atoms with Crippen LogP contribution in [0.15, 0.2) is 11.6 Å². The second-order valence-electron chi connectivity index (χ2n) is 3.63. The van der Waals surface area contributed by atoms with Crippen LogP contribution in [0, 0.1) is 5.92 Å². The molecule has 1 aliphatic carbocycles. The van der Waals surface area contributed by atoms with E-state index in [1.165, 1.54) is 6.08 Å². The van der Waals surface area contributed by atoms with Gasteiger partial charge in [0.25, 0.3) is 0 Å². The zero-order chi connectivity index (χ0) is 12.8. The first-order valence-corrected chi connectivity index (χ1v) is 5.68. The lowest BCUT2D eigenvalue weighted by Gasteiger charge is -2.20. The molecule has 0 fully saturated rings. The van der Waals surface area contributed by atoms with Crippen molar-refractivity contribution in [2.24, 2.45) is 5.92 Å². The average Bonchev–Trinajstić information content (AvgIpc) is 2.29. The van der Waals surface area contributed by atoms with Gasteiger partial charge in [-0.2, -0.15) is 0 Å². The minimum atomic E-state index is -0.674. The number of allylic oxidation sites excluding steroid dienone is 1. The van der Waals surface area contributed by atoms with Crippen LogP contribution >= 0.6 is 0 Å². The summed E-state index contributed by atoms with van der Waals surface area (Å²) < 4.78 is 9.70. The lowest BCUT2D eigenvalue weighted by Crippen LogP contribution is -2.29. The summed E-state index contributed by atoms with van der Waals surface area (Å²) in [7, 11) is 0. The van der Waals surface area contributed by atoms with E-state index in [0.29, 0.717) is 6.42 Å². The molecule has 5 nitrogen and oxygen atoms in total. The van der Waals surface area contributed by atoms with Crippen LogP contribution in [0.3, 0.4) is 0 Å². The van der Waals surface area contributed by atoms with E-state index in [4.69, 9.17) is 9.47 Å². The van der Waals surface area contributed by atoms with Gasteiger partial charge in [-0.25, -0.2) is 4.79 Å². The van der Waals surface area contributed by atoms with Crippen LogP contribution in [0.5, 0.6) is 0 Å². The van der Waals surface area contributed by atoms with Gasteiger partial charge in [0, 0.05) is 6.42 Å². The molecule has 0 bridgehead atoms. The fraction of sp³-hybridized carbons (Fsp3) is 0.583. The predicted molar refractivity (Wildman–Crippen MR) is 59.1 cm³/mol. The largest absolute Gasteiger partial charge is 0.466 e. The van der Waals surface area contributed by atoms with E-state index in [2.05, 4.69) is 0 Å². The van der Waals surface area contributed by atoms with Crippen molar-refractivity contribution < 1.29 is 23.9 Å². The molecule has 17 heavy (non-hydrogen) atoms. The van der Waals surface area contributed by atoms with Crippen molar-refractivity contribution in [3.05, 3.63) is 11.6 Å². The lowest BCUT2D eigenvalue weighted by atomic mass is 9.87. The summed E-state index contributed by atoms with van der Waals surface area (Å²) in [5.41, 5.74) is 0.113. The van der Waals surface area contributed by atoms with Gasteiger partial charge in [-0.3, -0.25) is 9.59 Å². The van der Waals surface area contributed by atoms with E-state index < -0.39 is 17.9 Å². The Morgan fingerprint density at radius 3 is 2.53 bits per heavy atom. The highest BCUT2D eigenvalue weighted by atomic mass is 16.5. The maximum atomic E-state index is 11.6. The van der Waals surface area contributed by atoms with Gasteiger partial charge in [0.2, 0.25) is 0 Å². The van der Waals surface area contributed by atoms with Crippen LogP contribution in [0.1, 0.15) is 26.7 Å². The molecule has 5 heteroatoms. The molecule has 1 rings (SSSR count). The average molecular weight is 240 g/mol. The number of rotatable bonds is 4. The SMILES string of the molecule is CCOC(=O)C1=CC(=O)CC[C@H]1C(=O)OCC. The van der Waals surface area contributed by atoms with Crippen molar-refractivity contribution in [2.45, 2.75) is 26.7 Å². The van der Waals surface area contributed by atoms with Crippen LogP contribution in [0.2, 0.25) is 0 Å². The summed E-state index contributed by atoms with van der Waals surface area (Å²) in [6.45, 7) is 3.82. The van der Waals surface area contributed by atoms with Crippen LogP contribution in [0.4, 0.5) is 0 Å². The molecule has 0 spiro atoms. The first-order valence-electron chi connectivity index (χ1n) is 5.68. The van der Waals surface area contributed by atoms with Crippen molar-refractivity contribution in [1.82, 2.24) is 0 Å². The topological polar surface area (TPSA) is 69.7 Å². The van der Waals surface area contributed by atoms with E-state index in [1.54, 1.807) is 13.8 Å². The van der Waals surface area contributed by atoms with Crippen molar-refractivity contribution in [1.29, 1.82) is 0 Å². The molecule has 0 aromatic rings. The van der Waals surface area contributed by atoms with E-state index >= 15 is 0 Å². The van der Waals surface area contributed by atoms with Gasteiger partial charge in [0.15, 0.2) is 5.78 Å². The summed E-state index contributed by atoms with van der Waals surface area (Å²) >= 11 is 0. The Morgan fingerprint density at radius 2 is 1.94 bits per heavy atom. The third-order valence-electron chi connectivity index (χ3n) is 2.45. The number of hydrogen-bond donors (Lipinski definition) is 0. The van der Waals surface area contributed by atoms with E-state index in [9.17, 15) is 14.4 Å².